The highest BCUT2D eigenvalue weighted by molar-refractivity contribution is 7.89. The van der Waals surface area contributed by atoms with Crippen molar-refractivity contribution < 1.29 is 13.3 Å². The van der Waals surface area contributed by atoms with E-state index < -0.39 is 10.0 Å². The summed E-state index contributed by atoms with van der Waals surface area (Å²) in [5.41, 5.74) is 3.71. The maximum Gasteiger partial charge on any atom is 0.257 e. The number of hydrazine groups is 2. The molecule has 0 bridgehead atoms. The van der Waals surface area contributed by atoms with Gasteiger partial charge in [-0.05, 0) is 25.5 Å². The molecule has 0 radical (unpaired) electrons. The summed E-state index contributed by atoms with van der Waals surface area (Å²) in [6.45, 7) is 3.99. The molecule has 20 heavy (non-hydrogen) atoms. The first kappa shape index (κ1) is 14.8. The molecule has 0 aromatic heterocycles. The largest absolute Gasteiger partial charge is 0.373 e. The Hall–Kier alpha value is -1.57. The molecule has 1 aromatic rings. The monoisotopic (exact) mass is 297 g/mol. The lowest BCUT2D eigenvalue weighted by molar-refractivity contribution is -0.149. The third-order valence-corrected chi connectivity index (χ3v) is 4.16. The van der Waals surface area contributed by atoms with Crippen LogP contribution in [-0.2, 0) is 14.9 Å². The van der Waals surface area contributed by atoms with Gasteiger partial charge in [0, 0.05) is 11.7 Å². The molecule has 2 rings (SSSR count). The Morgan fingerprint density at radius 2 is 2.00 bits per heavy atom. The average molecular weight is 297 g/mol. The van der Waals surface area contributed by atoms with Crippen molar-refractivity contribution in [1.82, 2.24) is 15.5 Å². The van der Waals surface area contributed by atoms with Crippen LogP contribution < -0.4 is 10.3 Å². The van der Waals surface area contributed by atoms with E-state index in [1.54, 1.807) is 30.5 Å². The molecule has 0 amide bonds. The molecular formula is C13H19N3O3S. The Morgan fingerprint density at radius 3 is 2.65 bits per heavy atom. The lowest BCUT2D eigenvalue weighted by Gasteiger charge is -2.16. The number of sulfonamides is 1. The summed E-state index contributed by atoms with van der Waals surface area (Å²) in [7, 11) is -3.65. The SMILES string of the molecule is CCCCC1=CNN(NS(=O)(=O)c2ccc(C)cc2)O1. The van der Waals surface area contributed by atoms with Crippen molar-refractivity contribution in [2.45, 2.75) is 38.0 Å². The van der Waals surface area contributed by atoms with Crippen molar-refractivity contribution in [3.05, 3.63) is 41.8 Å². The van der Waals surface area contributed by atoms with E-state index in [0.29, 0.717) is 5.76 Å². The lowest BCUT2D eigenvalue weighted by Crippen LogP contribution is -2.45. The van der Waals surface area contributed by atoms with Gasteiger partial charge in [0.05, 0.1) is 11.1 Å². The van der Waals surface area contributed by atoms with E-state index in [9.17, 15) is 8.42 Å². The maximum atomic E-state index is 12.1. The highest BCUT2D eigenvalue weighted by Crippen LogP contribution is 2.15. The molecule has 110 valence electrons. The predicted octanol–water partition coefficient (Wildman–Crippen LogP) is 1.97. The predicted molar refractivity (Wildman–Crippen MR) is 75.2 cm³/mol. The number of unbranched alkanes of at least 4 members (excludes halogenated alkanes) is 1. The first-order valence-electron chi connectivity index (χ1n) is 6.53. The van der Waals surface area contributed by atoms with Crippen molar-refractivity contribution in [3.63, 3.8) is 0 Å². The molecule has 1 aliphatic rings. The Morgan fingerprint density at radius 1 is 1.30 bits per heavy atom. The topological polar surface area (TPSA) is 70.7 Å². The summed E-state index contributed by atoms with van der Waals surface area (Å²) in [5, 5.41) is 1.00. The van der Waals surface area contributed by atoms with Crippen LogP contribution >= 0.6 is 0 Å². The number of nitrogens with zero attached hydrogens (tertiary/aromatic N) is 1. The summed E-state index contributed by atoms with van der Waals surface area (Å²) in [6.07, 6.45) is 4.46. The van der Waals surface area contributed by atoms with E-state index in [4.69, 9.17) is 4.84 Å². The van der Waals surface area contributed by atoms with Crippen molar-refractivity contribution in [3.8, 4) is 0 Å². The fourth-order valence-corrected chi connectivity index (χ4v) is 2.60. The second-order valence-corrected chi connectivity index (χ2v) is 6.30. The summed E-state index contributed by atoms with van der Waals surface area (Å²) in [4.78, 5) is 7.85. The van der Waals surface area contributed by atoms with Crippen LogP contribution in [-0.4, -0.2) is 13.7 Å². The Bertz CT molecular complexity index is 581. The summed E-state index contributed by atoms with van der Waals surface area (Å²) in [6, 6.07) is 6.60. The molecule has 1 heterocycles. The number of hydrogen-bond donors (Lipinski definition) is 2. The Labute approximate surface area is 119 Å². The van der Waals surface area contributed by atoms with Gasteiger partial charge in [-0.15, -0.1) is 0 Å². The van der Waals surface area contributed by atoms with Crippen molar-refractivity contribution in [2.24, 2.45) is 0 Å². The molecular weight excluding hydrogens is 278 g/mol. The lowest BCUT2D eigenvalue weighted by atomic mass is 10.2. The zero-order chi connectivity index (χ0) is 14.6. The number of rotatable bonds is 6. The highest BCUT2D eigenvalue weighted by atomic mass is 32.2. The van der Waals surface area contributed by atoms with Gasteiger partial charge in [-0.1, -0.05) is 35.9 Å². The minimum atomic E-state index is -3.65. The summed E-state index contributed by atoms with van der Waals surface area (Å²) in [5.74, 6) is 0.707. The van der Waals surface area contributed by atoms with Crippen LogP contribution in [0.1, 0.15) is 31.7 Å². The smallest absolute Gasteiger partial charge is 0.257 e. The van der Waals surface area contributed by atoms with Crippen LogP contribution in [0.3, 0.4) is 0 Å². The van der Waals surface area contributed by atoms with Crippen LogP contribution in [0.2, 0.25) is 0 Å². The van der Waals surface area contributed by atoms with E-state index in [1.165, 1.54) is 0 Å². The second kappa shape index (κ2) is 6.25. The van der Waals surface area contributed by atoms with Gasteiger partial charge < -0.3 is 4.84 Å². The van der Waals surface area contributed by atoms with E-state index in [1.807, 2.05) is 6.92 Å². The molecule has 0 saturated heterocycles. The molecule has 0 unspecified atom stereocenters. The van der Waals surface area contributed by atoms with E-state index in [0.717, 1.165) is 30.1 Å². The second-order valence-electron chi connectivity index (χ2n) is 4.64. The van der Waals surface area contributed by atoms with E-state index in [2.05, 4.69) is 17.2 Å². The van der Waals surface area contributed by atoms with Gasteiger partial charge in [-0.2, -0.15) is 0 Å². The minimum Gasteiger partial charge on any atom is -0.373 e. The number of aryl methyl sites for hydroxylation is 1. The molecule has 0 spiro atoms. The van der Waals surface area contributed by atoms with Gasteiger partial charge in [0.2, 0.25) is 0 Å². The molecule has 1 aromatic carbocycles. The summed E-state index contributed by atoms with van der Waals surface area (Å²) < 4.78 is 24.2. The van der Waals surface area contributed by atoms with Crippen LogP contribution in [0.5, 0.6) is 0 Å². The van der Waals surface area contributed by atoms with Crippen molar-refractivity contribution >= 4 is 10.0 Å². The molecule has 0 saturated carbocycles. The van der Waals surface area contributed by atoms with Gasteiger partial charge in [0.25, 0.3) is 10.0 Å². The number of benzene rings is 1. The zero-order valence-electron chi connectivity index (χ0n) is 11.6. The average Bonchev–Trinajstić information content (AvgIpc) is 2.83. The van der Waals surface area contributed by atoms with Crippen molar-refractivity contribution in [2.75, 3.05) is 0 Å². The molecule has 0 atom stereocenters. The quantitative estimate of drug-likeness (QED) is 0.840. The van der Waals surface area contributed by atoms with Gasteiger partial charge in [-0.3, -0.25) is 5.43 Å². The minimum absolute atomic E-state index is 0.190. The van der Waals surface area contributed by atoms with Crippen LogP contribution in [0.25, 0.3) is 0 Å². The van der Waals surface area contributed by atoms with E-state index >= 15 is 0 Å². The Balaban J connectivity index is 1.95. The molecule has 1 aliphatic heterocycles. The number of nitrogens with one attached hydrogen (secondary N) is 2. The van der Waals surface area contributed by atoms with Crippen LogP contribution in [0.4, 0.5) is 0 Å². The first-order valence-corrected chi connectivity index (χ1v) is 8.02. The van der Waals surface area contributed by atoms with Gasteiger partial charge >= 0.3 is 0 Å². The molecule has 0 fully saturated rings. The summed E-state index contributed by atoms with van der Waals surface area (Å²) >= 11 is 0. The zero-order valence-corrected chi connectivity index (χ0v) is 12.4. The third kappa shape index (κ3) is 3.72. The third-order valence-electron chi connectivity index (χ3n) is 2.86. The van der Waals surface area contributed by atoms with E-state index in [-0.39, 0.29) is 4.90 Å². The highest BCUT2D eigenvalue weighted by Gasteiger charge is 2.22. The fraction of sp³-hybridized carbons (Fsp3) is 0.385. The molecule has 0 aliphatic carbocycles. The van der Waals surface area contributed by atoms with Crippen LogP contribution in [0.15, 0.2) is 41.1 Å². The molecule has 2 N–H and O–H groups in total. The van der Waals surface area contributed by atoms with Gasteiger partial charge in [0.1, 0.15) is 5.76 Å². The maximum absolute atomic E-state index is 12.1. The van der Waals surface area contributed by atoms with Gasteiger partial charge in [-0.25, -0.2) is 8.42 Å². The standard InChI is InChI=1S/C13H19N3O3S/c1-3-4-5-12-10-14-16(19-12)15-20(17,18)13-8-6-11(2)7-9-13/h6-10,14-15H,3-5H2,1-2H3. The normalized spacial score (nSPS) is 15.6. The van der Waals surface area contributed by atoms with Crippen molar-refractivity contribution in [1.29, 1.82) is 0 Å². The first-order chi connectivity index (χ1) is 9.51. The Kier molecular flexibility index (Phi) is 4.64. The van der Waals surface area contributed by atoms with Gasteiger partial charge in [0.15, 0.2) is 0 Å². The number of allylic oxidation sites excluding steroid dienone is 1. The fourth-order valence-electron chi connectivity index (χ4n) is 1.69. The molecule has 7 heteroatoms. The number of hydrogen-bond acceptors (Lipinski definition) is 5. The van der Waals surface area contributed by atoms with Crippen LogP contribution in [0, 0.1) is 6.92 Å². The molecule has 6 nitrogen and oxygen atoms in total.